The minimum Gasteiger partial charge on any atom is -0.466 e. The van der Waals surface area contributed by atoms with E-state index in [0.29, 0.717) is 19.4 Å². The number of carbonyl (C=O) groups is 2. The van der Waals surface area contributed by atoms with Crippen molar-refractivity contribution >= 4 is 11.9 Å². The molecule has 0 rings (SSSR count). The molecular weight excluding hydrogens is 899 g/mol. The summed E-state index contributed by atoms with van der Waals surface area (Å²) < 4.78 is 5.50. The molecule has 0 spiro atoms. The van der Waals surface area contributed by atoms with Crippen LogP contribution in [0.4, 0.5) is 0 Å². The summed E-state index contributed by atoms with van der Waals surface area (Å²) in [6.45, 7) is 4.89. The molecule has 3 N–H and O–H groups in total. The molecule has 0 aliphatic heterocycles. The molecule has 0 heterocycles. The third-order valence-corrected chi connectivity index (χ3v) is 15.2. The standard InChI is InChI=1S/C67H127NO5/c1-3-5-7-9-11-13-15-17-19-20-26-30-33-37-41-45-49-53-57-61-67(72)73-62-58-54-50-46-42-38-34-31-28-25-23-21-22-24-27-29-32-36-40-44-48-52-56-60-66(71)68-64(63-69)65(70)59-55-51-47-43-39-35-18-16-14-12-10-8-6-4-2/h11,13,17,19,55,59,64-65,69-70H,3-10,12,14-16,18,20-54,56-58,60-63H2,1-2H3,(H,68,71)/b13-11-,19-17-,59-55+. The van der Waals surface area contributed by atoms with Crippen molar-refractivity contribution in [1.29, 1.82) is 0 Å². The van der Waals surface area contributed by atoms with Gasteiger partial charge in [-0.1, -0.05) is 314 Å². The highest BCUT2D eigenvalue weighted by molar-refractivity contribution is 5.76. The van der Waals surface area contributed by atoms with Crippen molar-refractivity contribution in [3.63, 3.8) is 0 Å². The number of allylic oxidation sites excluding steroid dienone is 5. The highest BCUT2D eigenvalue weighted by Crippen LogP contribution is 2.18. The van der Waals surface area contributed by atoms with Crippen molar-refractivity contribution in [2.75, 3.05) is 13.2 Å². The molecule has 0 bridgehead atoms. The SMILES string of the molecule is CCCCC/C=C\C/C=C\CCCCCCCCCCCC(=O)OCCCCCCCCCCCCCCCCCCCCCCCCCC(=O)NC(CO)C(O)/C=C/CCCCCCCCCCCCCC. The molecule has 0 aliphatic rings. The molecule has 6 heteroatoms. The van der Waals surface area contributed by atoms with E-state index in [0.717, 1.165) is 51.4 Å². The fourth-order valence-corrected chi connectivity index (χ4v) is 10.1. The number of ether oxygens (including phenoxy) is 1. The van der Waals surface area contributed by atoms with E-state index in [1.807, 2.05) is 6.08 Å². The first kappa shape index (κ1) is 71.1. The molecule has 0 aliphatic carbocycles. The Labute approximate surface area is 455 Å². The number of nitrogens with one attached hydrogen (secondary N) is 1. The van der Waals surface area contributed by atoms with E-state index in [1.54, 1.807) is 6.08 Å². The van der Waals surface area contributed by atoms with Crippen molar-refractivity contribution < 1.29 is 24.5 Å². The van der Waals surface area contributed by atoms with Gasteiger partial charge in [0, 0.05) is 12.8 Å². The molecule has 1 amide bonds. The highest BCUT2D eigenvalue weighted by atomic mass is 16.5. The van der Waals surface area contributed by atoms with Gasteiger partial charge in [-0.3, -0.25) is 9.59 Å². The van der Waals surface area contributed by atoms with Crippen LogP contribution in [0.5, 0.6) is 0 Å². The van der Waals surface area contributed by atoms with Crippen molar-refractivity contribution in [1.82, 2.24) is 5.32 Å². The zero-order valence-electron chi connectivity index (χ0n) is 49.1. The summed E-state index contributed by atoms with van der Waals surface area (Å²) in [5, 5.41) is 23.1. The lowest BCUT2D eigenvalue weighted by molar-refractivity contribution is -0.143. The number of carbonyl (C=O) groups excluding carboxylic acids is 2. The molecule has 0 radical (unpaired) electrons. The predicted molar refractivity (Wildman–Crippen MR) is 319 cm³/mol. The molecule has 0 saturated carbocycles. The zero-order valence-corrected chi connectivity index (χ0v) is 49.1. The van der Waals surface area contributed by atoms with Gasteiger partial charge in [0.1, 0.15) is 0 Å². The number of amides is 1. The van der Waals surface area contributed by atoms with Gasteiger partial charge in [-0.25, -0.2) is 0 Å². The summed E-state index contributed by atoms with van der Waals surface area (Å²) in [6, 6.07) is -0.627. The molecule has 0 saturated heterocycles. The third-order valence-electron chi connectivity index (χ3n) is 15.2. The Hall–Kier alpha value is -1.92. The average molecular weight is 1030 g/mol. The predicted octanol–water partition coefficient (Wildman–Crippen LogP) is 20.8. The average Bonchev–Trinajstić information content (AvgIpc) is 3.39. The smallest absolute Gasteiger partial charge is 0.305 e. The maximum Gasteiger partial charge on any atom is 0.305 e. The number of esters is 1. The van der Waals surface area contributed by atoms with Gasteiger partial charge in [0.25, 0.3) is 0 Å². The lowest BCUT2D eigenvalue weighted by Gasteiger charge is -2.20. The second-order valence-electron chi connectivity index (χ2n) is 22.5. The Kier molecular flexibility index (Phi) is 61.0. The Morgan fingerprint density at radius 2 is 0.685 bits per heavy atom. The molecule has 2 atom stereocenters. The Balaban J connectivity index is 3.37. The Morgan fingerprint density at radius 1 is 0.384 bits per heavy atom. The normalized spacial score (nSPS) is 12.8. The van der Waals surface area contributed by atoms with Crippen LogP contribution >= 0.6 is 0 Å². The van der Waals surface area contributed by atoms with Crippen LogP contribution in [0.2, 0.25) is 0 Å². The molecule has 6 nitrogen and oxygen atoms in total. The molecule has 73 heavy (non-hydrogen) atoms. The lowest BCUT2D eigenvalue weighted by Crippen LogP contribution is -2.45. The first-order chi connectivity index (χ1) is 36.0. The van der Waals surface area contributed by atoms with Crippen LogP contribution in [0, 0.1) is 0 Å². The van der Waals surface area contributed by atoms with Gasteiger partial charge in [-0.05, 0) is 64.2 Å². The molecule has 0 aromatic rings. The first-order valence-corrected chi connectivity index (χ1v) is 32.8. The van der Waals surface area contributed by atoms with Crippen LogP contribution in [0.1, 0.15) is 354 Å². The number of hydrogen-bond acceptors (Lipinski definition) is 5. The van der Waals surface area contributed by atoms with Gasteiger partial charge < -0.3 is 20.3 Å². The summed E-state index contributed by atoms with van der Waals surface area (Å²) in [7, 11) is 0. The minimum absolute atomic E-state index is 0.0103. The molecule has 0 aromatic carbocycles. The highest BCUT2D eigenvalue weighted by Gasteiger charge is 2.18. The summed E-state index contributed by atoms with van der Waals surface area (Å²) >= 11 is 0. The topological polar surface area (TPSA) is 95.9 Å². The van der Waals surface area contributed by atoms with Crippen LogP contribution in [-0.4, -0.2) is 47.4 Å². The monoisotopic (exact) mass is 1030 g/mol. The van der Waals surface area contributed by atoms with E-state index in [4.69, 9.17) is 4.74 Å². The van der Waals surface area contributed by atoms with Crippen LogP contribution in [0.15, 0.2) is 36.5 Å². The number of aliphatic hydroxyl groups excluding tert-OH is 2. The van der Waals surface area contributed by atoms with E-state index in [9.17, 15) is 19.8 Å². The molecule has 430 valence electrons. The van der Waals surface area contributed by atoms with Gasteiger partial charge in [-0.15, -0.1) is 0 Å². The summed E-state index contributed by atoms with van der Waals surface area (Å²) in [5.41, 5.74) is 0. The fraction of sp³-hybridized carbons (Fsp3) is 0.881. The molecular formula is C67H127NO5. The fourth-order valence-electron chi connectivity index (χ4n) is 10.1. The van der Waals surface area contributed by atoms with Crippen LogP contribution in [-0.2, 0) is 14.3 Å². The maximum absolute atomic E-state index is 12.5. The van der Waals surface area contributed by atoms with Crippen molar-refractivity contribution in [3.05, 3.63) is 36.5 Å². The second-order valence-corrected chi connectivity index (χ2v) is 22.5. The van der Waals surface area contributed by atoms with Crippen LogP contribution < -0.4 is 5.32 Å². The minimum atomic E-state index is -0.844. The van der Waals surface area contributed by atoms with E-state index in [1.165, 1.54) is 276 Å². The van der Waals surface area contributed by atoms with E-state index in [-0.39, 0.29) is 18.5 Å². The summed E-state index contributed by atoms with van der Waals surface area (Å²) in [4.78, 5) is 24.6. The molecule has 0 aromatic heterocycles. The van der Waals surface area contributed by atoms with Crippen molar-refractivity contribution in [2.45, 2.75) is 366 Å². The number of rotatable bonds is 61. The summed E-state index contributed by atoms with van der Waals surface area (Å²) in [5.74, 6) is -0.0560. The first-order valence-electron chi connectivity index (χ1n) is 32.8. The molecule has 2 unspecified atom stereocenters. The number of aliphatic hydroxyl groups is 2. The largest absolute Gasteiger partial charge is 0.466 e. The Bertz CT molecular complexity index is 1180. The zero-order chi connectivity index (χ0) is 52.9. The van der Waals surface area contributed by atoms with Crippen LogP contribution in [0.3, 0.4) is 0 Å². The molecule has 0 fully saturated rings. The quantitative estimate of drug-likeness (QED) is 0.0320. The van der Waals surface area contributed by atoms with Gasteiger partial charge in [0.05, 0.1) is 25.4 Å². The lowest BCUT2D eigenvalue weighted by atomic mass is 10.0. The summed E-state index contributed by atoms with van der Waals surface area (Å²) in [6.07, 6.45) is 79.1. The van der Waals surface area contributed by atoms with Crippen LogP contribution in [0.25, 0.3) is 0 Å². The third kappa shape index (κ3) is 59.2. The van der Waals surface area contributed by atoms with Gasteiger partial charge in [-0.2, -0.15) is 0 Å². The van der Waals surface area contributed by atoms with Crippen molar-refractivity contribution in [2.24, 2.45) is 0 Å². The van der Waals surface area contributed by atoms with E-state index < -0.39 is 12.1 Å². The number of unbranched alkanes of at least 4 members (excludes halogenated alkanes) is 46. The van der Waals surface area contributed by atoms with Gasteiger partial charge in [0.15, 0.2) is 0 Å². The van der Waals surface area contributed by atoms with E-state index in [2.05, 4.69) is 43.5 Å². The Morgan fingerprint density at radius 3 is 1.07 bits per heavy atom. The van der Waals surface area contributed by atoms with Gasteiger partial charge >= 0.3 is 5.97 Å². The second kappa shape index (κ2) is 62.6. The maximum atomic E-state index is 12.5. The van der Waals surface area contributed by atoms with Gasteiger partial charge in [0.2, 0.25) is 5.91 Å². The van der Waals surface area contributed by atoms with E-state index >= 15 is 0 Å². The number of hydrogen-bond donors (Lipinski definition) is 3. The van der Waals surface area contributed by atoms with Crippen molar-refractivity contribution in [3.8, 4) is 0 Å².